The zero-order valence-corrected chi connectivity index (χ0v) is 12.3. The van der Waals surface area contributed by atoms with Gasteiger partial charge in [0.05, 0.1) is 0 Å². The number of hydrogen-bond donors (Lipinski definition) is 0. The molecule has 0 aromatic carbocycles. The molecule has 3 unspecified atom stereocenters. The van der Waals surface area contributed by atoms with Gasteiger partial charge in [-0.1, -0.05) is 20.8 Å². The van der Waals surface area contributed by atoms with Crippen LogP contribution in [0.2, 0.25) is 0 Å². The third-order valence-electron chi connectivity index (χ3n) is 4.93. The first-order valence-corrected chi connectivity index (χ1v) is 7.51. The van der Waals surface area contributed by atoms with Gasteiger partial charge in [-0.2, -0.15) is 0 Å². The normalized spacial score (nSPS) is 32.6. The Hall–Kier alpha value is -0.0800. The Kier molecular flexibility index (Phi) is 4.14. The van der Waals surface area contributed by atoms with Crippen molar-refractivity contribution in [3.8, 4) is 0 Å². The van der Waals surface area contributed by atoms with Crippen molar-refractivity contribution in [1.82, 2.24) is 9.80 Å². The molecule has 3 atom stereocenters. The molecule has 2 saturated heterocycles. The Morgan fingerprint density at radius 2 is 1.35 bits per heavy atom. The van der Waals surface area contributed by atoms with E-state index in [0.717, 1.165) is 29.8 Å². The van der Waals surface area contributed by atoms with Gasteiger partial charge in [0.25, 0.3) is 0 Å². The quantitative estimate of drug-likeness (QED) is 0.743. The molecule has 0 N–H and O–H groups in total. The first-order valence-electron chi connectivity index (χ1n) is 7.51. The Morgan fingerprint density at radius 1 is 0.882 bits per heavy atom. The molecule has 2 heterocycles. The summed E-state index contributed by atoms with van der Waals surface area (Å²) in [6.07, 6.45) is 1.31. The van der Waals surface area contributed by atoms with Crippen LogP contribution in [0.1, 0.15) is 41.0 Å². The van der Waals surface area contributed by atoms with E-state index in [1.165, 1.54) is 32.6 Å². The summed E-state index contributed by atoms with van der Waals surface area (Å²) in [5, 5.41) is 0. The van der Waals surface area contributed by atoms with E-state index in [0.29, 0.717) is 0 Å². The lowest BCUT2D eigenvalue weighted by Crippen LogP contribution is -2.40. The SMILES string of the molecule is CCC(C(C)C)N1CC2CN(C(C)C)CC2C1. The molecule has 0 amide bonds. The minimum absolute atomic E-state index is 0.737. The Labute approximate surface area is 107 Å². The maximum atomic E-state index is 2.78. The van der Waals surface area contributed by atoms with Crippen LogP contribution in [0.5, 0.6) is 0 Å². The lowest BCUT2D eigenvalue weighted by Gasteiger charge is -2.32. The van der Waals surface area contributed by atoms with Crippen LogP contribution in [-0.2, 0) is 0 Å². The minimum Gasteiger partial charge on any atom is -0.300 e. The van der Waals surface area contributed by atoms with Crippen molar-refractivity contribution in [2.75, 3.05) is 26.2 Å². The molecule has 2 heteroatoms. The van der Waals surface area contributed by atoms with Gasteiger partial charge >= 0.3 is 0 Å². The average molecular weight is 238 g/mol. The topological polar surface area (TPSA) is 6.48 Å². The van der Waals surface area contributed by atoms with Crippen LogP contribution < -0.4 is 0 Å². The number of hydrogen-bond acceptors (Lipinski definition) is 2. The summed E-state index contributed by atoms with van der Waals surface area (Å²) in [7, 11) is 0. The molecule has 2 aliphatic heterocycles. The molecule has 100 valence electrons. The molecule has 2 nitrogen and oxygen atoms in total. The van der Waals surface area contributed by atoms with E-state index in [2.05, 4.69) is 44.4 Å². The molecule has 2 fully saturated rings. The van der Waals surface area contributed by atoms with Crippen molar-refractivity contribution in [2.45, 2.75) is 53.1 Å². The first-order chi connectivity index (χ1) is 8.02. The van der Waals surface area contributed by atoms with Gasteiger partial charge in [0.1, 0.15) is 0 Å². The van der Waals surface area contributed by atoms with Crippen LogP contribution in [0.4, 0.5) is 0 Å². The predicted molar refractivity (Wildman–Crippen MR) is 74.2 cm³/mol. The van der Waals surface area contributed by atoms with Crippen molar-refractivity contribution in [2.24, 2.45) is 17.8 Å². The summed E-state index contributed by atoms with van der Waals surface area (Å²) in [4.78, 5) is 5.45. The van der Waals surface area contributed by atoms with Crippen molar-refractivity contribution in [3.05, 3.63) is 0 Å². The molecule has 0 aliphatic carbocycles. The summed E-state index contributed by atoms with van der Waals surface area (Å²) >= 11 is 0. The van der Waals surface area contributed by atoms with Crippen LogP contribution >= 0.6 is 0 Å². The minimum atomic E-state index is 0.737. The fourth-order valence-electron chi connectivity index (χ4n) is 3.91. The van der Waals surface area contributed by atoms with E-state index in [9.17, 15) is 0 Å². The smallest absolute Gasteiger partial charge is 0.0116 e. The molecule has 0 spiro atoms. The predicted octanol–water partition coefficient (Wildman–Crippen LogP) is 2.69. The Balaban J connectivity index is 1.91. The van der Waals surface area contributed by atoms with Crippen LogP contribution in [0.25, 0.3) is 0 Å². The van der Waals surface area contributed by atoms with E-state index in [4.69, 9.17) is 0 Å². The fraction of sp³-hybridized carbons (Fsp3) is 1.00. The van der Waals surface area contributed by atoms with Crippen LogP contribution in [0, 0.1) is 17.8 Å². The molecule has 17 heavy (non-hydrogen) atoms. The first kappa shape index (κ1) is 13.4. The molecule has 0 aromatic heterocycles. The highest BCUT2D eigenvalue weighted by molar-refractivity contribution is 4.95. The molecule has 0 bridgehead atoms. The van der Waals surface area contributed by atoms with Gasteiger partial charge in [0, 0.05) is 38.3 Å². The molecule has 0 aromatic rings. The maximum Gasteiger partial charge on any atom is 0.0116 e. The van der Waals surface area contributed by atoms with E-state index >= 15 is 0 Å². The summed E-state index contributed by atoms with van der Waals surface area (Å²) in [6.45, 7) is 17.2. The molecular weight excluding hydrogens is 208 g/mol. The standard InChI is InChI=1S/C15H30N2/c1-6-15(11(2)3)17-9-13-7-16(12(4)5)8-14(13)10-17/h11-15H,6-10H2,1-5H3. The van der Waals surface area contributed by atoms with Crippen LogP contribution in [-0.4, -0.2) is 48.1 Å². The largest absolute Gasteiger partial charge is 0.300 e. The highest BCUT2D eigenvalue weighted by Crippen LogP contribution is 2.34. The third-order valence-corrected chi connectivity index (χ3v) is 4.93. The number of rotatable bonds is 4. The number of likely N-dealkylation sites (tertiary alicyclic amines) is 2. The van der Waals surface area contributed by atoms with Gasteiger partial charge in [0.15, 0.2) is 0 Å². The lowest BCUT2D eigenvalue weighted by atomic mass is 10.0. The van der Waals surface area contributed by atoms with Gasteiger partial charge in [-0.05, 0) is 38.0 Å². The summed E-state index contributed by atoms with van der Waals surface area (Å²) in [5.41, 5.74) is 0. The van der Waals surface area contributed by atoms with E-state index in [1.54, 1.807) is 0 Å². The Morgan fingerprint density at radius 3 is 1.71 bits per heavy atom. The lowest BCUT2D eigenvalue weighted by molar-refractivity contribution is 0.154. The summed E-state index contributed by atoms with van der Waals surface area (Å²) in [6, 6.07) is 1.55. The molecule has 2 rings (SSSR count). The number of fused-ring (bicyclic) bond motifs is 1. The summed E-state index contributed by atoms with van der Waals surface area (Å²) < 4.78 is 0. The van der Waals surface area contributed by atoms with E-state index < -0.39 is 0 Å². The highest BCUT2D eigenvalue weighted by Gasteiger charge is 2.42. The van der Waals surface area contributed by atoms with Crippen molar-refractivity contribution in [3.63, 3.8) is 0 Å². The van der Waals surface area contributed by atoms with Crippen molar-refractivity contribution < 1.29 is 0 Å². The second-order valence-corrected chi connectivity index (χ2v) is 6.74. The number of nitrogens with zero attached hydrogens (tertiary/aromatic N) is 2. The van der Waals surface area contributed by atoms with Crippen LogP contribution in [0.3, 0.4) is 0 Å². The fourth-order valence-corrected chi connectivity index (χ4v) is 3.91. The maximum absolute atomic E-state index is 2.78. The molecule has 2 aliphatic rings. The molecule has 0 saturated carbocycles. The van der Waals surface area contributed by atoms with Gasteiger partial charge in [-0.25, -0.2) is 0 Å². The second-order valence-electron chi connectivity index (χ2n) is 6.74. The van der Waals surface area contributed by atoms with E-state index in [1.807, 2.05) is 0 Å². The van der Waals surface area contributed by atoms with Gasteiger partial charge < -0.3 is 4.90 Å². The van der Waals surface area contributed by atoms with Gasteiger partial charge in [0.2, 0.25) is 0 Å². The second kappa shape index (κ2) is 5.27. The zero-order valence-electron chi connectivity index (χ0n) is 12.3. The molecular formula is C15H30N2. The zero-order chi connectivity index (χ0) is 12.6. The molecule has 0 radical (unpaired) electrons. The van der Waals surface area contributed by atoms with Crippen molar-refractivity contribution in [1.29, 1.82) is 0 Å². The van der Waals surface area contributed by atoms with E-state index in [-0.39, 0.29) is 0 Å². The average Bonchev–Trinajstić information content (AvgIpc) is 2.75. The van der Waals surface area contributed by atoms with Crippen LogP contribution in [0.15, 0.2) is 0 Å². The highest BCUT2D eigenvalue weighted by atomic mass is 15.3. The third kappa shape index (κ3) is 2.68. The van der Waals surface area contributed by atoms with Crippen molar-refractivity contribution >= 4 is 0 Å². The summed E-state index contributed by atoms with van der Waals surface area (Å²) in [5.74, 6) is 2.70. The Bertz CT molecular complexity index is 235. The van der Waals surface area contributed by atoms with Gasteiger partial charge in [-0.15, -0.1) is 0 Å². The monoisotopic (exact) mass is 238 g/mol. The van der Waals surface area contributed by atoms with Gasteiger partial charge in [-0.3, -0.25) is 4.90 Å².